The van der Waals surface area contributed by atoms with Crippen molar-refractivity contribution in [2.75, 3.05) is 19.6 Å². The number of piperidine rings is 1. The Hall–Kier alpha value is -0.980. The van der Waals surface area contributed by atoms with Gasteiger partial charge >= 0.3 is 0 Å². The zero-order valence-electron chi connectivity index (χ0n) is 12.1. The maximum atomic E-state index is 12.3. The van der Waals surface area contributed by atoms with Crippen LogP contribution in [0, 0.1) is 6.92 Å². The van der Waals surface area contributed by atoms with Crippen molar-refractivity contribution in [3.8, 4) is 0 Å². The molecule has 0 unspecified atom stereocenters. The number of nitrogens with two attached hydrogens (primary N) is 1. The summed E-state index contributed by atoms with van der Waals surface area (Å²) in [5.41, 5.74) is 7.33. The van der Waals surface area contributed by atoms with Crippen LogP contribution in [0.1, 0.15) is 28.8 Å². The molecule has 21 heavy (non-hydrogen) atoms. The lowest BCUT2D eigenvalue weighted by Crippen LogP contribution is -2.46. The van der Waals surface area contributed by atoms with E-state index in [1.807, 2.05) is 25.1 Å². The van der Waals surface area contributed by atoms with Crippen LogP contribution in [0.15, 0.2) is 22.7 Å². The first kappa shape index (κ1) is 16.4. The van der Waals surface area contributed by atoms with Crippen molar-refractivity contribution >= 4 is 39.0 Å². The number of nitrogens with zero attached hydrogens (tertiary/aromatic N) is 1. The summed E-state index contributed by atoms with van der Waals surface area (Å²) in [6, 6.07) is 5.88. The zero-order valence-corrected chi connectivity index (χ0v) is 14.5. The normalized spacial score (nSPS) is 16.7. The van der Waals surface area contributed by atoms with Gasteiger partial charge in [-0.1, -0.05) is 28.1 Å². The SMILES string of the molecule is Cc1cc(C(=O)NC2CCN(CC(N)=S)CC2)ccc1Br. The van der Waals surface area contributed by atoms with Crippen LogP contribution in [0.25, 0.3) is 0 Å². The van der Waals surface area contributed by atoms with Crippen molar-refractivity contribution in [1.29, 1.82) is 0 Å². The fourth-order valence-corrected chi connectivity index (χ4v) is 2.94. The van der Waals surface area contributed by atoms with Gasteiger partial charge in [-0.25, -0.2) is 0 Å². The molecule has 1 aliphatic rings. The van der Waals surface area contributed by atoms with Gasteiger partial charge in [-0.05, 0) is 43.5 Å². The summed E-state index contributed by atoms with van der Waals surface area (Å²) in [7, 11) is 0. The Kier molecular flexibility index (Phi) is 5.72. The number of benzene rings is 1. The quantitative estimate of drug-likeness (QED) is 0.799. The largest absolute Gasteiger partial charge is 0.392 e. The van der Waals surface area contributed by atoms with E-state index in [1.54, 1.807) is 0 Å². The predicted molar refractivity (Wildman–Crippen MR) is 92.6 cm³/mol. The molecule has 0 atom stereocenters. The molecule has 1 aromatic rings. The average Bonchev–Trinajstić information content (AvgIpc) is 2.43. The molecule has 0 radical (unpaired) electrons. The zero-order chi connectivity index (χ0) is 15.4. The van der Waals surface area contributed by atoms with E-state index in [0.29, 0.717) is 17.1 Å². The van der Waals surface area contributed by atoms with Gasteiger partial charge in [-0.2, -0.15) is 0 Å². The van der Waals surface area contributed by atoms with Crippen molar-refractivity contribution in [2.45, 2.75) is 25.8 Å². The lowest BCUT2D eigenvalue weighted by molar-refractivity contribution is 0.0915. The molecule has 1 heterocycles. The van der Waals surface area contributed by atoms with Gasteiger partial charge < -0.3 is 11.1 Å². The van der Waals surface area contributed by atoms with Gasteiger partial charge in [0.25, 0.3) is 5.91 Å². The monoisotopic (exact) mass is 369 g/mol. The van der Waals surface area contributed by atoms with E-state index >= 15 is 0 Å². The van der Waals surface area contributed by atoms with Gasteiger partial charge in [0.2, 0.25) is 0 Å². The maximum Gasteiger partial charge on any atom is 0.251 e. The van der Waals surface area contributed by atoms with E-state index in [1.165, 1.54) is 0 Å². The van der Waals surface area contributed by atoms with Crippen LogP contribution >= 0.6 is 28.1 Å². The molecule has 3 N–H and O–H groups in total. The molecular weight excluding hydrogens is 350 g/mol. The first-order valence-electron chi connectivity index (χ1n) is 7.03. The topological polar surface area (TPSA) is 58.4 Å². The number of halogens is 1. The summed E-state index contributed by atoms with van der Waals surface area (Å²) < 4.78 is 1.02. The van der Waals surface area contributed by atoms with Crippen LogP contribution in [-0.2, 0) is 0 Å². The minimum atomic E-state index is -0.00149. The average molecular weight is 370 g/mol. The first-order valence-corrected chi connectivity index (χ1v) is 8.23. The van der Waals surface area contributed by atoms with Crippen molar-refractivity contribution in [3.63, 3.8) is 0 Å². The minimum Gasteiger partial charge on any atom is -0.392 e. The Labute approximate surface area is 139 Å². The number of carbonyl (C=O) groups excluding carboxylic acids is 1. The molecule has 1 amide bonds. The number of likely N-dealkylation sites (tertiary alicyclic amines) is 1. The third-order valence-electron chi connectivity index (χ3n) is 3.72. The van der Waals surface area contributed by atoms with E-state index < -0.39 is 0 Å². The molecule has 0 saturated carbocycles. The van der Waals surface area contributed by atoms with Crippen LogP contribution in [0.4, 0.5) is 0 Å². The van der Waals surface area contributed by atoms with E-state index in [-0.39, 0.29) is 11.9 Å². The highest BCUT2D eigenvalue weighted by Crippen LogP contribution is 2.17. The molecule has 6 heteroatoms. The third-order valence-corrected chi connectivity index (χ3v) is 4.74. The van der Waals surface area contributed by atoms with Crippen molar-refractivity contribution in [3.05, 3.63) is 33.8 Å². The fourth-order valence-electron chi connectivity index (χ4n) is 2.51. The van der Waals surface area contributed by atoms with Gasteiger partial charge in [-0.15, -0.1) is 0 Å². The van der Waals surface area contributed by atoms with Gasteiger partial charge in [0.05, 0.1) is 4.99 Å². The highest BCUT2D eigenvalue weighted by Gasteiger charge is 2.21. The van der Waals surface area contributed by atoms with Gasteiger partial charge in [0.1, 0.15) is 0 Å². The summed E-state index contributed by atoms with van der Waals surface area (Å²) in [6.45, 7) is 4.49. The molecule has 2 rings (SSSR count). The van der Waals surface area contributed by atoms with Gasteiger partial charge in [0, 0.05) is 35.7 Å². The summed E-state index contributed by atoms with van der Waals surface area (Å²) in [4.78, 5) is 15.0. The molecule has 1 aromatic carbocycles. The Morgan fingerprint density at radius 2 is 2.14 bits per heavy atom. The number of nitrogens with one attached hydrogen (secondary N) is 1. The molecule has 4 nitrogen and oxygen atoms in total. The molecule has 0 bridgehead atoms. The van der Waals surface area contributed by atoms with Crippen LogP contribution in [0.3, 0.4) is 0 Å². The number of aryl methyl sites for hydroxylation is 1. The summed E-state index contributed by atoms with van der Waals surface area (Å²) in [5.74, 6) is -0.00149. The molecule has 114 valence electrons. The van der Waals surface area contributed by atoms with Crippen molar-refractivity contribution in [1.82, 2.24) is 10.2 Å². The molecule has 0 spiro atoms. The summed E-state index contributed by atoms with van der Waals surface area (Å²) in [6.07, 6.45) is 1.87. The molecule has 1 aliphatic heterocycles. The van der Waals surface area contributed by atoms with Crippen LogP contribution in [0.5, 0.6) is 0 Å². The molecule has 0 aromatic heterocycles. The second-order valence-electron chi connectivity index (χ2n) is 5.45. The maximum absolute atomic E-state index is 12.3. The first-order chi connectivity index (χ1) is 9.95. The number of amides is 1. The molecule has 1 fully saturated rings. The second-order valence-corrected chi connectivity index (χ2v) is 6.83. The van der Waals surface area contributed by atoms with E-state index in [4.69, 9.17) is 18.0 Å². The number of rotatable bonds is 4. The number of thiocarbonyl (C=S) groups is 1. The Morgan fingerprint density at radius 1 is 1.48 bits per heavy atom. The van der Waals surface area contributed by atoms with E-state index in [2.05, 4.69) is 26.1 Å². The van der Waals surface area contributed by atoms with E-state index in [0.717, 1.165) is 36.0 Å². The third kappa shape index (κ3) is 4.76. The van der Waals surface area contributed by atoms with E-state index in [9.17, 15) is 4.79 Å². The smallest absolute Gasteiger partial charge is 0.251 e. The van der Waals surface area contributed by atoms with Crippen molar-refractivity contribution in [2.24, 2.45) is 5.73 Å². The molecular formula is C15H20BrN3OS. The van der Waals surface area contributed by atoms with Crippen LogP contribution in [0.2, 0.25) is 0 Å². The standard InChI is InChI=1S/C15H20BrN3OS/c1-10-8-11(2-3-13(10)16)15(20)18-12-4-6-19(7-5-12)9-14(17)21/h2-3,8,12H,4-7,9H2,1H3,(H2,17,21)(H,18,20). The number of hydrogen-bond donors (Lipinski definition) is 2. The fraction of sp³-hybridized carbons (Fsp3) is 0.467. The number of carbonyl (C=O) groups is 1. The van der Waals surface area contributed by atoms with Crippen molar-refractivity contribution < 1.29 is 4.79 Å². The predicted octanol–water partition coefficient (Wildman–Crippen LogP) is 2.24. The van der Waals surface area contributed by atoms with Gasteiger partial charge in [0.15, 0.2) is 0 Å². The lowest BCUT2D eigenvalue weighted by Gasteiger charge is -2.32. The number of hydrogen-bond acceptors (Lipinski definition) is 3. The lowest BCUT2D eigenvalue weighted by atomic mass is 10.0. The Morgan fingerprint density at radius 3 is 2.71 bits per heavy atom. The van der Waals surface area contributed by atoms with Crippen LogP contribution < -0.4 is 11.1 Å². The highest BCUT2D eigenvalue weighted by molar-refractivity contribution is 9.10. The Balaban J connectivity index is 1.86. The van der Waals surface area contributed by atoms with Crippen LogP contribution in [-0.4, -0.2) is 41.5 Å². The summed E-state index contributed by atoms with van der Waals surface area (Å²) >= 11 is 8.37. The minimum absolute atomic E-state index is 0.00149. The highest BCUT2D eigenvalue weighted by atomic mass is 79.9. The second kappa shape index (κ2) is 7.33. The summed E-state index contributed by atoms with van der Waals surface area (Å²) in [5, 5.41) is 3.11. The molecule has 0 aliphatic carbocycles. The van der Waals surface area contributed by atoms with Gasteiger partial charge in [-0.3, -0.25) is 9.69 Å². The Bertz CT molecular complexity index is 542. The molecule has 1 saturated heterocycles.